The predicted molar refractivity (Wildman–Crippen MR) is 83.0 cm³/mol. The van der Waals surface area contributed by atoms with E-state index in [0.29, 0.717) is 12.4 Å². The van der Waals surface area contributed by atoms with Crippen LogP contribution in [-0.4, -0.2) is 33.4 Å². The fraction of sp³-hybridized carbons (Fsp3) is 0.533. The van der Waals surface area contributed by atoms with Crippen LogP contribution in [0.15, 0.2) is 18.5 Å². The predicted octanol–water partition coefficient (Wildman–Crippen LogP) is 2.72. The van der Waals surface area contributed by atoms with Crippen molar-refractivity contribution in [2.75, 3.05) is 19.0 Å². The van der Waals surface area contributed by atoms with Crippen LogP contribution in [-0.2, 0) is 17.9 Å². The Morgan fingerprint density at radius 1 is 1.24 bits per heavy atom. The molecule has 0 bridgehead atoms. The Balaban J connectivity index is 2.28. The van der Waals surface area contributed by atoms with Gasteiger partial charge in [-0.05, 0) is 12.8 Å². The fourth-order valence-electron chi connectivity index (χ4n) is 2.02. The fourth-order valence-corrected chi connectivity index (χ4v) is 2.02. The van der Waals surface area contributed by atoms with Gasteiger partial charge in [0, 0.05) is 32.5 Å². The number of aryl methyl sites for hydroxylation is 1. The number of methoxy groups -OCH3 is 1. The number of hydrogen-bond donors (Lipinski definition) is 1. The largest absolute Gasteiger partial charge is 0.378 e. The summed E-state index contributed by atoms with van der Waals surface area (Å²) in [6.45, 7) is 6.51. The Bertz CT molecular complexity index is 567. The molecule has 0 amide bonds. The van der Waals surface area contributed by atoms with E-state index >= 15 is 0 Å². The van der Waals surface area contributed by atoms with Gasteiger partial charge in [-0.1, -0.05) is 13.8 Å². The van der Waals surface area contributed by atoms with Crippen molar-refractivity contribution in [1.82, 2.24) is 19.7 Å². The van der Waals surface area contributed by atoms with E-state index in [9.17, 15) is 0 Å². The smallest absolute Gasteiger partial charge is 0.165 e. The molecule has 6 heteroatoms. The highest BCUT2D eigenvalue weighted by Crippen LogP contribution is 2.18. The molecule has 0 aromatic carbocycles. The van der Waals surface area contributed by atoms with Gasteiger partial charge in [-0.3, -0.25) is 4.68 Å². The third-order valence-electron chi connectivity index (χ3n) is 2.97. The first kappa shape index (κ1) is 15.4. The quantitative estimate of drug-likeness (QED) is 0.809. The molecule has 0 aliphatic carbocycles. The molecule has 0 atom stereocenters. The average Bonchev–Trinajstić information content (AvgIpc) is 2.94. The molecule has 114 valence electrons. The van der Waals surface area contributed by atoms with Crippen molar-refractivity contribution in [3.05, 3.63) is 24.2 Å². The van der Waals surface area contributed by atoms with E-state index < -0.39 is 0 Å². The van der Waals surface area contributed by atoms with Crippen LogP contribution in [0, 0.1) is 0 Å². The highest BCUT2D eigenvalue weighted by molar-refractivity contribution is 5.55. The van der Waals surface area contributed by atoms with Gasteiger partial charge >= 0.3 is 0 Å². The van der Waals surface area contributed by atoms with Gasteiger partial charge in [0.05, 0.1) is 24.1 Å². The topological polar surface area (TPSA) is 64.9 Å². The summed E-state index contributed by atoms with van der Waals surface area (Å²) in [5.74, 6) is 1.52. The Morgan fingerprint density at radius 2 is 2.10 bits per heavy atom. The molecule has 0 fully saturated rings. The first-order valence-electron chi connectivity index (χ1n) is 7.40. The minimum atomic E-state index is 0.472. The standard InChI is InChI=1S/C15H23N5O/c1-4-6-16-14-8-13(11-21-3)18-15(19-14)12-9-17-20(10-12)7-5-2/h8-10H,4-7,11H2,1-3H3,(H,16,18,19). The number of ether oxygens (including phenoxy) is 1. The van der Waals surface area contributed by atoms with Crippen LogP contribution in [0.1, 0.15) is 32.4 Å². The molecule has 21 heavy (non-hydrogen) atoms. The molecule has 2 aromatic heterocycles. The molecule has 0 aliphatic rings. The number of hydrogen-bond acceptors (Lipinski definition) is 5. The van der Waals surface area contributed by atoms with Crippen LogP contribution < -0.4 is 5.32 Å². The maximum absolute atomic E-state index is 5.18. The summed E-state index contributed by atoms with van der Waals surface area (Å²) in [4.78, 5) is 9.11. The molecule has 2 aromatic rings. The number of aromatic nitrogens is 4. The van der Waals surface area contributed by atoms with Crippen molar-refractivity contribution in [3.8, 4) is 11.4 Å². The maximum Gasteiger partial charge on any atom is 0.165 e. The van der Waals surface area contributed by atoms with Crippen molar-refractivity contribution < 1.29 is 4.74 Å². The lowest BCUT2D eigenvalue weighted by Crippen LogP contribution is -2.06. The van der Waals surface area contributed by atoms with Gasteiger partial charge in [-0.25, -0.2) is 9.97 Å². The van der Waals surface area contributed by atoms with Crippen molar-refractivity contribution in [3.63, 3.8) is 0 Å². The van der Waals surface area contributed by atoms with E-state index in [4.69, 9.17) is 4.74 Å². The van der Waals surface area contributed by atoms with Gasteiger partial charge in [0.15, 0.2) is 5.82 Å². The second-order valence-electron chi connectivity index (χ2n) is 4.92. The third-order valence-corrected chi connectivity index (χ3v) is 2.97. The summed E-state index contributed by atoms with van der Waals surface area (Å²) in [7, 11) is 1.67. The van der Waals surface area contributed by atoms with Crippen LogP contribution in [0.25, 0.3) is 11.4 Å². The lowest BCUT2D eigenvalue weighted by atomic mass is 10.3. The molecule has 0 radical (unpaired) electrons. The minimum absolute atomic E-state index is 0.472. The first-order valence-corrected chi connectivity index (χ1v) is 7.40. The molecule has 0 spiro atoms. The molecule has 1 N–H and O–H groups in total. The molecule has 0 unspecified atom stereocenters. The summed E-state index contributed by atoms with van der Waals surface area (Å²) in [5, 5.41) is 7.64. The Hall–Kier alpha value is -1.95. The van der Waals surface area contributed by atoms with E-state index in [1.807, 2.05) is 23.1 Å². The van der Waals surface area contributed by atoms with Crippen molar-refractivity contribution in [2.24, 2.45) is 0 Å². The molecule has 2 heterocycles. The Labute approximate surface area is 125 Å². The Kier molecular flexibility index (Phi) is 5.68. The van der Waals surface area contributed by atoms with Gasteiger partial charge in [0.25, 0.3) is 0 Å². The number of nitrogens with one attached hydrogen (secondary N) is 1. The lowest BCUT2D eigenvalue weighted by molar-refractivity contribution is 0.181. The molecule has 0 saturated carbocycles. The van der Waals surface area contributed by atoms with Gasteiger partial charge in [-0.2, -0.15) is 5.10 Å². The summed E-state index contributed by atoms with van der Waals surface area (Å²) in [5.41, 5.74) is 1.80. The second kappa shape index (κ2) is 7.73. The number of rotatable bonds is 8. The number of anilines is 1. The van der Waals surface area contributed by atoms with Crippen molar-refractivity contribution >= 4 is 5.82 Å². The Morgan fingerprint density at radius 3 is 2.81 bits per heavy atom. The van der Waals surface area contributed by atoms with Crippen molar-refractivity contribution in [2.45, 2.75) is 39.8 Å². The zero-order valence-electron chi connectivity index (χ0n) is 13.0. The van der Waals surface area contributed by atoms with Crippen LogP contribution in [0.3, 0.4) is 0 Å². The zero-order chi connectivity index (χ0) is 15.1. The zero-order valence-corrected chi connectivity index (χ0v) is 13.0. The SMILES string of the molecule is CCCNc1cc(COC)nc(-c2cnn(CCC)c2)n1. The first-order chi connectivity index (χ1) is 10.3. The van der Waals surface area contributed by atoms with E-state index in [0.717, 1.165) is 43.0 Å². The van der Waals surface area contributed by atoms with Crippen LogP contribution in [0.5, 0.6) is 0 Å². The van der Waals surface area contributed by atoms with Crippen LogP contribution in [0.4, 0.5) is 5.82 Å². The molecule has 0 saturated heterocycles. The van der Waals surface area contributed by atoms with Crippen LogP contribution >= 0.6 is 0 Å². The van der Waals surface area contributed by atoms with Gasteiger partial charge < -0.3 is 10.1 Å². The summed E-state index contributed by atoms with van der Waals surface area (Å²) in [6.07, 6.45) is 5.90. The maximum atomic E-state index is 5.18. The summed E-state index contributed by atoms with van der Waals surface area (Å²) >= 11 is 0. The average molecular weight is 289 g/mol. The molecule has 6 nitrogen and oxygen atoms in total. The summed E-state index contributed by atoms with van der Waals surface area (Å²) in [6, 6.07) is 1.93. The van der Waals surface area contributed by atoms with Gasteiger partial charge in [0.1, 0.15) is 5.82 Å². The molecule has 0 aliphatic heterocycles. The van der Waals surface area contributed by atoms with Crippen LogP contribution in [0.2, 0.25) is 0 Å². The normalized spacial score (nSPS) is 10.8. The van der Waals surface area contributed by atoms with E-state index in [1.54, 1.807) is 7.11 Å². The minimum Gasteiger partial charge on any atom is -0.378 e. The lowest BCUT2D eigenvalue weighted by Gasteiger charge is -2.08. The highest BCUT2D eigenvalue weighted by Gasteiger charge is 2.09. The molecular weight excluding hydrogens is 266 g/mol. The van der Waals surface area contributed by atoms with E-state index in [1.165, 1.54) is 0 Å². The van der Waals surface area contributed by atoms with Gasteiger partial charge in [0.2, 0.25) is 0 Å². The monoisotopic (exact) mass is 289 g/mol. The summed E-state index contributed by atoms with van der Waals surface area (Å²) < 4.78 is 7.10. The van der Waals surface area contributed by atoms with E-state index in [2.05, 4.69) is 34.2 Å². The van der Waals surface area contributed by atoms with E-state index in [-0.39, 0.29) is 0 Å². The number of nitrogens with zero attached hydrogens (tertiary/aromatic N) is 4. The van der Waals surface area contributed by atoms with Gasteiger partial charge in [-0.15, -0.1) is 0 Å². The third kappa shape index (κ3) is 4.26. The molecular formula is C15H23N5O. The second-order valence-corrected chi connectivity index (χ2v) is 4.92. The van der Waals surface area contributed by atoms with Crippen molar-refractivity contribution in [1.29, 1.82) is 0 Å². The highest BCUT2D eigenvalue weighted by atomic mass is 16.5. The molecule has 2 rings (SSSR count).